The van der Waals surface area contributed by atoms with E-state index in [1.807, 2.05) is 11.8 Å². The number of rotatable bonds is 10. The molecule has 0 radical (unpaired) electrons. The van der Waals surface area contributed by atoms with E-state index < -0.39 is 129 Å². The first-order valence-corrected chi connectivity index (χ1v) is 20.2. The highest BCUT2D eigenvalue weighted by atomic mass is 16.7. The summed E-state index contributed by atoms with van der Waals surface area (Å²) in [6.45, 7) is 3.86. The lowest BCUT2D eigenvalue weighted by molar-refractivity contribution is -0.384. The number of hydrogen-bond donors (Lipinski definition) is 6. The molecule has 21 nitrogen and oxygen atoms in total. The fraction of sp³-hybridized carbons (Fsp3) is 0.395. The summed E-state index contributed by atoms with van der Waals surface area (Å²) in [6, 6.07) is 6.56. The topological polar surface area (TPSA) is 297 Å². The first-order chi connectivity index (χ1) is 30.5. The summed E-state index contributed by atoms with van der Waals surface area (Å²) in [7, 11) is 1.30. The number of hydrogen-bond acceptors (Lipinski definition) is 18. The molecule has 3 heterocycles. The summed E-state index contributed by atoms with van der Waals surface area (Å²) in [5.41, 5.74) is -4.02. The SMILES string of the molecule is COc1cccc2c1C(=O)c1c(O)c3c(c(O)c1C2=O)C[C@@](O)(/C(CO)=N/NC(=O)c1cc(N2C(=O)C=CC2=O)cc([N+](=O)[O-])c1)C[C@@H]3O[C@H]1CC(N2CCO[C@@H](C)C2)[C@H](O)[C@H](C)O1. The van der Waals surface area contributed by atoms with E-state index in [0.717, 1.165) is 30.4 Å². The summed E-state index contributed by atoms with van der Waals surface area (Å²) < 4.78 is 23.7. The van der Waals surface area contributed by atoms with Crippen LogP contribution >= 0.6 is 0 Å². The number of carbonyl (C=O) groups excluding carboxylic acids is 5. The van der Waals surface area contributed by atoms with Crippen molar-refractivity contribution in [3.05, 3.63) is 97.6 Å². The van der Waals surface area contributed by atoms with Gasteiger partial charge in [0.05, 0.1) is 83.3 Å². The Hall–Kier alpha value is -6.46. The van der Waals surface area contributed by atoms with Crippen LogP contribution < -0.4 is 15.1 Å². The van der Waals surface area contributed by atoms with E-state index in [0.29, 0.717) is 24.6 Å². The van der Waals surface area contributed by atoms with Crippen LogP contribution in [0.1, 0.15) is 86.1 Å². The summed E-state index contributed by atoms with van der Waals surface area (Å²) in [6.07, 6.45) is -3.85. The average Bonchev–Trinajstić information content (AvgIpc) is 3.61. The van der Waals surface area contributed by atoms with E-state index >= 15 is 0 Å². The molecule has 0 spiro atoms. The molecule has 5 aliphatic rings. The van der Waals surface area contributed by atoms with Crippen molar-refractivity contribution >= 4 is 46.4 Å². The number of hydrazone groups is 1. The second kappa shape index (κ2) is 16.9. The number of nitrogens with zero attached hydrogens (tertiary/aromatic N) is 4. The Morgan fingerprint density at radius 2 is 1.77 bits per heavy atom. The van der Waals surface area contributed by atoms with E-state index in [4.69, 9.17) is 18.9 Å². The van der Waals surface area contributed by atoms with Crippen molar-refractivity contribution in [1.29, 1.82) is 0 Å². The number of ether oxygens (including phenoxy) is 4. The number of anilines is 1. The molecule has 21 heteroatoms. The number of fused-ring (bicyclic) bond motifs is 3. The van der Waals surface area contributed by atoms with Gasteiger partial charge in [0.2, 0.25) is 5.78 Å². The molecule has 336 valence electrons. The predicted molar refractivity (Wildman–Crippen MR) is 219 cm³/mol. The molecule has 0 saturated carbocycles. The number of benzene rings is 3. The van der Waals surface area contributed by atoms with E-state index in [2.05, 4.69) is 10.5 Å². The van der Waals surface area contributed by atoms with Crippen LogP contribution in [-0.4, -0.2) is 140 Å². The molecule has 64 heavy (non-hydrogen) atoms. The number of carbonyl (C=O) groups is 5. The minimum Gasteiger partial charge on any atom is -0.507 e. The highest BCUT2D eigenvalue weighted by molar-refractivity contribution is 6.31. The fourth-order valence-electron chi connectivity index (χ4n) is 9.15. The molecular formula is C43H43N5O16. The normalized spacial score (nSPS) is 27.0. The maximum atomic E-state index is 14.2. The average molecular weight is 886 g/mol. The van der Waals surface area contributed by atoms with Gasteiger partial charge in [-0.2, -0.15) is 5.10 Å². The molecule has 8 rings (SSSR count). The number of aliphatic hydroxyl groups excluding tert-OH is 2. The molecule has 2 saturated heterocycles. The number of non-ortho nitro benzene ring substituents is 1. The van der Waals surface area contributed by atoms with Gasteiger partial charge in [0.1, 0.15) is 22.8 Å². The van der Waals surface area contributed by atoms with Crippen LogP contribution in [0.15, 0.2) is 53.7 Å². The molecule has 1 unspecified atom stereocenters. The first-order valence-electron chi connectivity index (χ1n) is 20.2. The number of aromatic hydroxyl groups is 2. The maximum Gasteiger partial charge on any atom is 0.272 e. The van der Waals surface area contributed by atoms with Crippen molar-refractivity contribution in [2.45, 2.75) is 75.5 Å². The van der Waals surface area contributed by atoms with Gasteiger partial charge in [-0.15, -0.1) is 0 Å². The summed E-state index contributed by atoms with van der Waals surface area (Å²) in [5.74, 6) is -5.94. The van der Waals surface area contributed by atoms with Crippen LogP contribution in [0.2, 0.25) is 0 Å². The van der Waals surface area contributed by atoms with Gasteiger partial charge in [-0.3, -0.25) is 39.0 Å². The Morgan fingerprint density at radius 1 is 1.05 bits per heavy atom. The van der Waals surface area contributed by atoms with Crippen molar-refractivity contribution in [1.82, 2.24) is 10.3 Å². The Balaban J connectivity index is 1.19. The summed E-state index contributed by atoms with van der Waals surface area (Å²) in [5, 5.41) is 74.4. The third-order valence-electron chi connectivity index (χ3n) is 12.2. The van der Waals surface area contributed by atoms with Crippen molar-refractivity contribution < 1.29 is 73.4 Å². The number of phenolic OH excluding ortho intramolecular Hbond substituents is 2. The van der Waals surface area contributed by atoms with Crippen LogP contribution in [0.3, 0.4) is 0 Å². The highest BCUT2D eigenvalue weighted by Crippen LogP contribution is 2.53. The van der Waals surface area contributed by atoms with Gasteiger partial charge in [0.25, 0.3) is 23.4 Å². The number of aliphatic hydroxyl groups is 3. The molecule has 6 N–H and O–H groups in total. The van der Waals surface area contributed by atoms with Crippen LogP contribution in [0, 0.1) is 10.1 Å². The van der Waals surface area contributed by atoms with Crippen LogP contribution in [0.5, 0.6) is 17.2 Å². The van der Waals surface area contributed by atoms with E-state index in [-0.39, 0.29) is 46.2 Å². The molecule has 7 atom stereocenters. The van der Waals surface area contributed by atoms with E-state index in [1.165, 1.54) is 25.3 Å². The Labute approximate surface area is 363 Å². The Kier molecular flexibility index (Phi) is 11.7. The van der Waals surface area contributed by atoms with Gasteiger partial charge in [-0.05, 0) is 26.0 Å². The zero-order chi connectivity index (χ0) is 45.9. The van der Waals surface area contributed by atoms with Gasteiger partial charge >= 0.3 is 0 Å². The maximum absolute atomic E-state index is 14.2. The molecule has 2 aliphatic carbocycles. The van der Waals surface area contributed by atoms with E-state index in [1.54, 1.807) is 6.92 Å². The van der Waals surface area contributed by atoms with Crippen molar-refractivity contribution in [3.63, 3.8) is 0 Å². The van der Waals surface area contributed by atoms with Crippen molar-refractivity contribution in [2.75, 3.05) is 38.3 Å². The number of phenols is 2. The molecule has 0 aromatic heterocycles. The molecule has 3 aromatic carbocycles. The highest BCUT2D eigenvalue weighted by Gasteiger charge is 2.50. The lowest BCUT2D eigenvalue weighted by Gasteiger charge is -2.47. The lowest BCUT2D eigenvalue weighted by atomic mass is 9.71. The fourth-order valence-corrected chi connectivity index (χ4v) is 9.15. The van der Waals surface area contributed by atoms with Crippen molar-refractivity contribution in [2.24, 2.45) is 5.10 Å². The number of amides is 3. The molecule has 3 aromatic rings. The minimum absolute atomic E-state index is 0.0362. The van der Waals surface area contributed by atoms with Crippen LogP contribution in [0.25, 0.3) is 0 Å². The minimum atomic E-state index is -2.37. The number of nitro groups is 1. The number of methoxy groups -OCH3 is 1. The largest absolute Gasteiger partial charge is 0.507 e. The summed E-state index contributed by atoms with van der Waals surface area (Å²) in [4.78, 5) is 80.3. The van der Waals surface area contributed by atoms with Gasteiger partial charge in [0.15, 0.2) is 12.1 Å². The van der Waals surface area contributed by atoms with Gasteiger partial charge < -0.3 is 44.5 Å². The predicted octanol–water partition coefficient (Wildman–Crippen LogP) is 1.32. The molecule has 3 amide bonds. The zero-order valence-corrected chi connectivity index (χ0v) is 34.5. The van der Waals surface area contributed by atoms with Crippen LogP contribution in [-0.2, 0) is 30.2 Å². The molecule has 3 aliphatic heterocycles. The third-order valence-corrected chi connectivity index (χ3v) is 12.2. The molecule has 0 bridgehead atoms. The lowest BCUT2D eigenvalue weighted by Crippen LogP contribution is -2.59. The number of morpholine rings is 1. The number of imide groups is 1. The monoisotopic (exact) mass is 885 g/mol. The first kappa shape index (κ1) is 44.2. The zero-order valence-electron chi connectivity index (χ0n) is 34.5. The van der Waals surface area contributed by atoms with Crippen LogP contribution in [0.4, 0.5) is 11.4 Å². The second-order valence-electron chi connectivity index (χ2n) is 16.2. The van der Waals surface area contributed by atoms with Gasteiger partial charge in [-0.1, -0.05) is 12.1 Å². The smallest absolute Gasteiger partial charge is 0.272 e. The Bertz CT molecular complexity index is 2560. The third kappa shape index (κ3) is 7.59. The van der Waals surface area contributed by atoms with Gasteiger partial charge in [-0.25, -0.2) is 10.3 Å². The van der Waals surface area contributed by atoms with Gasteiger partial charge in [0, 0.05) is 79.4 Å². The van der Waals surface area contributed by atoms with Crippen molar-refractivity contribution in [3.8, 4) is 17.2 Å². The number of nitro benzene ring substituents is 1. The quantitative estimate of drug-likeness (QED) is 0.0430. The number of ketones is 2. The van der Waals surface area contributed by atoms with E-state index in [9.17, 15) is 59.6 Å². The second-order valence-corrected chi connectivity index (χ2v) is 16.2. The standard InChI is InChI=1S/C43H43N5O16/c1-19-17-46(9-10-62-19)26-14-32(63-20(2)37(26)52)64-28-16-43(58,15-25-34(28)41(56)36-35(39(25)54)38(53)24-5-4-6-27(61-3)33(24)40(36)55)29(18-49)44-45-42(57)21-11-22(13-23(12-21)48(59)60)47-30(50)7-8-31(47)51/h4-8,11-13,19-20,26,28,32,37,49,52,54,56,58H,9-10,14-18H2,1-3H3,(H,45,57)/b44-29+/t19-,20-,26?,28-,32-,37+,43-/m0/s1. The molecule has 2 fully saturated rings. The summed E-state index contributed by atoms with van der Waals surface area (Å²) >= 11 is 0. The Morgan fingerprint density at radius 3 is 2.44 bits per heavy atom. The molecular weight excluding hydrogens is 842 g/mol. The number of nitrogens with one attached hydrogen (secondary N) is 1.